The molecule has 0 amide bonds. The van der Waals surface area contributed by atoms with E-state index in [0.717, 1.165) is 12.3 Å². The van der Waals surface area contributed by atoms with Crippen molar-refractivity contribution >= 4 is 23.1 Å². The Kier molecular flexibility index (Phi) is 4.24. The third-order valence-corrected chi connectivity index (χ3v) is 2.56. The van der Waals surface area contributed by atoms with Crippen molar-refractivity contribution in [3.05, 3.63) is 35.8 Å². The predicted octanol–water partition coefficient (Wildman–Crippen LogP) is 2.35. The molecule has 20 heavy (non-hydrogen) atoms. The minimum atomic E-state index is -0.571. The molecule has 2 rings (SSSR count). The second-order valence-electron chi connectivity index (χ2n) is 3.83. The molecule has 0 bridgehead atoms. The molecular formula is C14H13FN2O3. The van der Waals surface area contributed by atoms with Gasteiger partial charge in [0.15, 0.2) is 5.82 Å². The summed E-state index contributed by atoms with van der Waals surface area (Å²) in [5.41, 5.74) is 1.00. The van der Waals surface area contributed by atoms with Crippen molar-refractivity contribution in [2.75, 3.05) is 13.7 Å². The Bertz CT molecular complexity index is 671. The summed E-state index contributed by atoms with van der Waals surface area (Å²) in [6, 6.07) is 3.30. The zero-order valence-corrected chi connectivity index (χ0v) is 11.1. The van der Waals surface area contributed by atoms with Crippen molar-refractivity contribution < 1.29 is 18.7 Å². The molecule has 0 atom stereocenters. The normalized spacial score (nSPS) is 10.9. The highest BCUT2D eigenvalue weighted by Crippen LogP contribution is 2.21. The molecule has 0 aromatic carbocycles. The van der Waals surface area contributed by atoms with Crippen molar-refractivity contribution in [1.82, 2.24) is 9.97 Å². The Morgan fingerprint density at radius 3 is 2.95 bits per heavy atom. The number of hydrogen-bond donors (Lipinski definition) is 0. The van der Waals surface area contributed by atoms with E-state index in [1.807, 2.05) is 0 Å². The molecule has 0 radical (unpaired) electrons. The number of carbonyl (C=O) groups excluding carboxylic acids is 1. The molecule has 0 aliphatic heterocycles. The van der Waals surface area contributed by atoms with Gasteiger partial charge in [-0.1, -0.05) is 0 Å². The zero-order valence-electron chi connectivity index (χ0n) is 11.1. The fraction of sp³-hybridized carbons (Fsp3) is 0.214. The largest absolute Gasteiger partial charge is 0.481 e. The quantitative estimate of drug-likeness (QED) is 0.633. The number of nitrogens with zero attached hydrogens (tertiary/aromatic N) is 2. The molecule has 0 aliphatic rings. The molecule has 0 fully saturated rings. The molecule has 0 unspecified atom stereocenters. The SMILES string of the molecule is CCOC(=O)/C=C/c1c(F)cnc2ccc(OC)nc12. The smallest absolute Gasteiger partial charge is 0.330 e. The molecular weight excluding hydrogens is 263 g/mol. The fourth-order valence-electron chi connectivity index (χ4n) is 1.66. The summed E-state index contributed by atoms with van der Waals surface area (Å²) in [7, 11) is 1.47. The Hall–Kier alpha value is -2.50. The lowest BCUT2D eigenvalue weighted by atomic mass is 10.1. The van der Waals surface area contributed by atoms with Crippen LogP contribution in [0.1, 0.15) is 12.5 Å². The summed E-state index contributed by atoms with van der Waals surface area (Å²) in [4.78, 5) is 19.4. The number of ether oxygens (including phenoxy) is 2. The average molecular weight is 276 g/mol. The van der Waals surface area contributed by atoms with E-state index in [0.29, 0.717) is 16.9 Å². The maximum atomic E-state index is 13.8. The number of carbonyl (C=O) groups is 1. The van der Waals surface area contributed by atoms with Crippen molar-refractivity contribution in [3.8, 4) is 5.88 Å². The number of aromatic nitrogens is 2. The Morgan fingerprint density at radius 2 is 2.25 bits per heavy atom. The molecule has 2 aromatic rings. The summed E-state index contributed by atoms with van der Waals surface area (Å²) in [5.74, 6) is -0.769. The van der Waals surface area contributed by atoms with Gasteiger partial charge in [-0.05, 0) is 19.1 Å². The van der Waals surface area contributed by atoms with Gasteiger partial charge < -0.3 is 9.47 Å². The van der Waals surface area contributed by atoms with E-state index in [1.165, 1.54) is 13.2 Å². The van der Waals surface area contributed by atoms with Crippen molar-refractivity contribution in [3.63, 3.8) is 0 Å². The molecule has 0 saturated carbocycles. The van der Waals surface area contributed by atoms with Gasteiger partial charge in [-0.15, -0.1) is 0 Å². The van der Waals surface area contributed by atoms with E-state index in [4.69, 9.17) is 9.47 Å². The van der Waals surface area contributed by atoms with Crippen LogP contribution in [0.4, 0.5) is 4.39 Å². The van der Waals surface area contributed by atoms with Crippen LogP contribution in [0.5, 0.6) is 5.88 Å². The Labute approximate surface area is 115 Å². The summed E-state index contributed by atoms with van der Waals surface area (Å²) in [6.45, 7) is 1.95. The van der Waals surface area contributed by atoms with Crippen LogP contribution in [-0.2, 0) is 9.53 Å². The van der Waals surface area contributed by atoms with E-state index < -0.39 is 11.8 Å². The zero-order chi connectivity index (χ0) is 14.5. The molecule has 5 nitrogen and oxygen atoms in total. The number of hydrogen-bond acceptors (Lipinski definition) is 5. The standard InChI is InChI=1S/C14H13FN2O3/c1-3-20-13(18)7-4-9-10(15)8-16-11-5-6-12(19-2)17-14(9)11/h4-8H,3H2,1-2H3/b7-4+. The number of esters is 1. The van der Waals surface area contributed by atoms with Crippen LogP contribution >= 0.6 is 0 Å². The van der Waals surface area contributed by atoms with Gasteiger partial charge in [0.25, 0.3) is 0 Å². The Balaban J connectivity index is 2.49. The van der Waals surface area contributed by atoms with Crippen LogP contribution in [0.2, 0.25) is 0 Å². The van der Waals surface area contributed by atoms with E-state index >= 15 is 0 Å². The first-order valence-electron chi connectivity index (χ1n) is 5.99. The molecule has 6 heteroatoms. The lowest BCUT2D eigenvalue weighted by Crippen LogP contribution is -1.99. The highest BCUT2D eigenvalue weighted by molar-refractivity contribution is 5.91. The van der Waals surface area contributed by atoms with E-state index in [1.54, 1.807) is 19.1 Å². The number of halogens is 1. The van der Waals surface area contributed by atoms with Gasteiger partial charge in [-0.25, -0.2) is 14.2 Å². The minimum Gasteiger partial charge on any atom is -0.481 e. The van der Waals surface area contributed by atoms with Crippen LogP contribution in [0.25, 0.3) is 17.1 Å². The van der Waals surface area contributed by atoms with Crippen LogP contribution in [0.3, 0.4) is 0 Å². The molecule has 2 aromatic heterocycles. The summed E-state index contributed by atoms with van der Waals surface area (Å²) >= 11 is 0. The first kappa shape index (κ1) is 13.9. The van der Waals surface area contributed by atoms with Crippen LogP contribution in [0, 0.1) is 5.82 Å². The second kappa shape index (κ2) is 6.10. The fourth-order valence-corrected chi connectivity index (χ4v) is 1.66. The average Bonchev–Trinajstić information content (AvgIpc) is 2.46. The molecule has 0 N–H and O–H groups in total. The van der Waals surface area contributed by atoms with E-state index in [2.05, 4.69) is 9.97 Å². The summed E-state index contributed by atoms with van der Waals surface area (Å²) < 4.78 is 23.6. The topological polar surface area (TPSA) is 61.3 Å². The maximum absolute atomic E-state index is 13.8. The lowest BCUT2D eigenvalue weighted by Gasteiger charge is -2.05. The molecule has 0 aliphatic carbocycles. The Morgan fingerprint density at radius 1 is 1.45 bits per heavy atom. The van der Waals surface area contributed by atoms with Gasteiger partial charge in [-0.3, -0.25) is 4.98 Å². The molecule has 0 saturated heterocycles. The molecule has 2 heterocycles. The summed E-state index contributed by atoms with van der Waals surface area (Å²) in [6.07, 6.45) is 3.56. The first-order valence-corrected chi connectivity index (χ1v) is 5.99. The third kappa shape index (κ3) is 2.90. The number of fused-ring (bicyclic) bond motifs is 1. The molecule has 104 valence electrons. The second-order valence-corrected chi connectivity index (χ2v) is 3.83. The van der Waals surface area contributed by atoms with Gasteiger partial charge in [-0.2, -0.15) is 0 Å². The van der Waals surface area contributed by atoms with E-state index in [9.17, 15) is 9.18 Å². The number of rotatable bonds is 4. The maximum Gasteiger partial charge on any atom is 0.330 e. The number of methoxy groups -OCH3 is 1. The monoisotopic (exact) mass is 276 g/mol. The highest BCUT2D eigenvalue weighted by atomic mass is 19.1. The van der Waals surface area contributed by atoms with Gasteiger partial charge >= 0.3 is 5.97 Å². The van der Waals surface area contributed by atoms with Gasteiger partial charge in [0.05, 0.1) is 25.4 Å². The van der Waals surface area contributed by atoms with Crippen LogP contribution in [0.15, 0.2) is 24.4 Å². The van der Waals surface area contributed by atoms with Crippen molar-refractivity contribution in [2.45, 2.75) is 6.92 Å². The van der Waals surface area contributed by atoms with Crippen molar-refractivity contribution in [1.29, 1.82) is 0 Å². The van der Waals surface area contributed by atoms with Gasteiger partial charge in [0.1, 0.15) is 5.52 Å². The van der Waals surface area contributed by atoms with Crippen LogP contribution in [-0.4, -0.2) is 29.7 Å². The van der Waals surface area contributed by atoms with Gasteiger partial charge in [0.2, 0.25) is 5.88 Å². The number of pyridine rings is 2. The molecule has 0 spiro atoms. The predicted molar refractivity (Wildman–Crippen MR) is 71.7 cm³/mol. The van der Waals surface area contributed by atoms with Crippen LogP contribution < -0.4 is 4.74 Å². The van der Waals surface area contributed by atoms with Gasteiger partial charge in [0, 0.05) is 17.7 Å². The first-order chi connectivity index (χ1) is 9.65. The van der Waals surface area contributed by atoms with E-state index in [-0.39, 0.29) is 12.2 Å². The third-order valence-electron chi connectivity index (χ3n) is 2.56. The highest BCUT2D eigenvalue weighted by Gasteiger charge is 2.09. The minimum absolute atomic E-state index is 0.168. The summed E-state index contributed by atoms with van der Waals surface area (Å²) in [5, 5.41) is 0. The lowest BCUT2D eigenvalue weighted by molar-refractivity contribution is -0.137. The van der Waals surface area contributed by atoms with Crippen molar-refractivity contribution in [2.24, 2.45) is 0 Å².